The van der Waals surface area contributed by atoms with E-state index >= 15 is 0 Å². The van der Waals surface area contributed by atoms with Crippen molar-refractivity contribution >= 4 is 18.2 Å². The van der Waals surface area contributed by atoms with Gasteiger partial charge in [-0.3, -0.25) is 15.1 Å². The molecule has 0 aromatic heterocycles. The van der Waals surface area contributed by atoms with E-state index in [-0.39, 0.29) is 18.0 Å². The number of hydrogen-bond acceptors (Lipinski definition) is 5. The molecule has 0 aromatic rings. The van der Waals surface area contributed by atoms with E-state index in [1.165, 1.54) is 0 Å². The van der Waals surface area contributed by atoms with Gasteiger partial charge in [-0.25, -0.2) is 4.99 Å². The van der Waals surface area contributed by atoms with Crippen LogP contribution in [0.15, 0.2) is 9.98 Å². The van der Waals surface area contributed by atoms with Crippen LogP contribution in [0.1, 0.15) is 20.3 Å². The Kier molecular flexibility index (Phi) is 2.34. The van der Waals surface area contributed by atoms with Crippen LogP contribution in [-0.4, -0.2) is 41.4 Å². The van der Waals surface area contributed by atoms with E-state index in [0.29, 0.717) is 6.04 Å². The second-order valence-electron chi connectivity index (χ2n) is 3.83. The van der Waals surface area contributed by atoms with Crippen molar-refractivity contribution in [3.8, 4) is 0 Å². The second kappa shape index (κ2) is 3.52. The van der Waals surface area contributed by atoms with Crippen molar-refractivity contribution < 1.29 is 4.79 Å². The van der Waals surface area contributed by atoms with Gasteiger partial charge in [-0.15, -0.1) is 0 Å². The van der Waals surface area contributed by atoms with E-state index in [4.69, 9.17) is 5.73 Å². The van der Waals surface area contributed by atoms with Gasteiger partial charge in [-0.1, -0.05) is 6.92 Å². The summed E-state index contributed by atoms with van der Waals surface area (Å²) in [4.78, 5) is 21.9. The number of rotatable bonds is 2. The molecule has 15 heavy (non-hydrogen) atoms. The maximum Gasteiger partial charge on any atom is 0.255 e. The van der Waals surface area contributed by atoms with Crippen LogP contribution in [0.3, 0.4) is 0 Å². The number of amides is 1. The summed E-state index contributed by atoms with van der Waals surface area (Å²) >= 11 is 0. The highest BCUT2D eigenvalue weighted by atomic mass is 16.2. The minimum Gasteiger partial charge on any atom is -0.370 e. The van der Waals surface area contributed by atoms with E-state index in [9.17, 15) is 4.79 Å². The highest BCUT2D eigenvalue weighted by molar-refractivity contribution is 6.02. The minimum absolute atomic E-state index is 0.172. The lowest BCUT2D eigenvalue weighted by Gasteiger charge is -2.31. The summed E-state index contributed by atoms with van der Waals surface area (Å²) in [5.41, 5.74) is 5.52. The highest BCUT2D eigenvalue weighted by Crippen LogP contribution is 2.21. The van der Waals surface area contributed by atoms with E-state index in [2.05, 4.69) is 29.1 Å². The number of nitrogens with zero attached hydrogens (tertiary/aromatic N) is 3. The Morgan fingerprint density at radius 1 is 1.73 bits per heavy atom. The van der Waals surface area contributed by atoms with Crippen molar-refractivity contribution in [1.82, 2.24) is 10.2 Å². The van der Waals surface area contributed by atoms with Gasteiger partial charge in [0.05, 0.1) is 6.34 Å². The third-order valence-corrected chi connectivity index (χ3v) is 2.84. The largest absolute Gasteiger partial charge is 0.370 e. The van der Waals surface area contributed by atoms with Crippen molar-refractivity contribution in [2.24, 2.45) is 15.7 Å². The average molecular weight is 209 g/mol. The zero-order valence-corrected chi connectivity index (χ0v) is 8.84. The zero-order chi connectivity index (χ0) is 11.0. The molecule has 1 amide bonds. The fourth-order valence-corrected chi connectivity index (χ4v) is 1.76. The smallest absolute Gasteiger partial charge is 0.255 e. The van der Waals surface area contributed by atoms with Crippen molar-refractivity contribution in [3.63, 3.8) is 0 Å². The molecular formula is C9H15N5O. The molecule has 0 radical (unpaired) electrons. The predicted octanol–water partition coefficient (Wildman–Crippen LogP) is -0.732. The van der Waals surface area contributed by atoms with Crippen molar-refractivity contribution in [2.75, 3.05) is 0 Å². The van der Waals surface area contributed by atoms with E-state index in [1.807, 2.05) is 4.90 Å². The molecule has 0 fully saturated rings. The van der Waals surface area contributed by atoms with E-state index in [0.717, 1.165) is 6.42 Å². The Bertz CT molecular complexity index is 337. The number of guanidine groups is 1. The SMILES string of the molecule is CCC(C)N1C=NC2C(=O)NC(N)=NC21. The Morgan fingerprint density at radius 3 is 3.13 bits per heavy atom. The average Bonchev–Trinajstić information content (AvgIpc) is 2.60. The van der Waals surface area contributed by atoms with Gasteiger partial charge in [0.15, 0.2) is 18.2 Å². The van der Waals surface area contributed by atoms with Crippen LogP contribution in [0, 0.1) is 0 Å². The van der Waals surface area contributed by atoms with Gasteiger partial charge in [-0.05, 0) is 13.3 Å². The molecule has 0 saturated heterocycles. The molecule has 2 rings (SSSR count). The fraction of sp³-hybridized carbons (Fsp3) is 0.667. The maximum absolute atomic E-state index is 11.5. The zero-order valence-electron chi connectivity index (χ0n) is 8.84. The number of fused-ring (bicyclic) bond motifs is 1. The molecule has 2 aliphatic heterocycles. The predicted molar refractivity (Wildman–Crippen MR) is 57.4 cm³/mol. The van der Waals surface area contributed by atoms with Gasteiger partial charge in [0.1, 0.15) is 0 Å². The summed E-state index contributed by atoms with van der Waals surface area (Å²) in [7, 11) is 0. The summed E-state index contributed by atoms with van der Waals surface area (Å²) in [5, 5.41) is 2.48. The van der Waals surface area contributed by atoms with Crippen molar-refractivity contribution in [1.29, 1.82) is 0 Å². The van der Waals surface area contributed by atoms with Crippen LogP contribution in [0.4, 0.5) is 0 Å². The van der Waals surface area contributed by atoms with Gasteiger partial charge in [0.2, 0.25) is 0 Å². The first-order valence-electron chi connectivity index (χ1n) is 5.08. The number of nitrogens with one attached hydrogen (secondary N) is 1. The first-order chi connectivity index (χ1) is 7.13. The lowest BCUT2D eigenvalue weighted by molar-refractivity contribution is -0.122. The lowest BCUT2D eigenvalue weighted by Crippen LogP contribution is -2.54. The molecule has 0 aliphatic carbocycles. The Morgan fingerprint density at radius 2 is 2.47 bits per heavy atom. The highest BCUT2D eigenvalue weighted by Gasteiger charge is 2.40. The molecule has 0 saturated carbocycles. The molecule has 0 spiro atoms. The molecule has 0 aromatic carbocycles. The first kappa shape index (κ1) is 9.95. The molecule has 6 nitrogen and oxygen atoms in total. The van der Waals surface area contributed by atoms with E-state index in [1.54, 1.807) is 6.34 Å². The molecule has 2 heterocycles. The Labute approximate surface area is 88.2 Å². The number of carbonyl (C=O) groups is 1. The van der Waals surface area contributed by atoms with Crippen LogP contribution in [0.5, 0.6) is 0 Å². The fourth-order valence-electron chi connectivity index (χ4n) is 1.76. The van der Waals surface area contributed by atoms with Gasteiger partial charge in [0.25, 0.3) is 5.91 Å². The van der Waals surface area contributed by atoms with Gasteiger partial charge < -0.3 is 10.6 Å². The standard InChI is InChI=1S/C9H15N5O/c1-3-5(2)14-4-11-6-7(14)12-9(10)13-8(6)15/h4-7H,3H2,1-2H3,(H3,10,12,13,15). The monoisotopic (exact) mass is 209 g/mol. The Balaban J connectivity index is 2.24. The molecule has 3 N–H and O–H groups in total. The second-order valence-corrected chi connectivity index (χ2v) is 3.83. The van der Waals surface area contributed by atoms with Crippen LogP contribution in [0.25, 0.3) is 0 Å². The van der Waals surface area contributed by atoms with E-state index < -0.39 is 6.04 Å². The summed E-state index contributed by atoms with van der Waals surface area (Å²) in [5.74, 6) is 0.00889. The number of carbonyl (C=O) groups excluding carboxylic acids is 1. The van der Waals surface area contributed by atoms with Crippen LogP contribution in [-0.2, 0) is 4.79 Å². The topological polar surface area (TPSA) is 83.1 Å². The summed E-state index contributed by atoms with van der Waals surface area (Å²) < 4.78 is 0. The molecule has 3 unspecified atom stereocenters. The van der Waals surface area contributed by atoms with Crippen molar-refractivity contribution in [2.45, 2.75) is 38.5 Å². The summed E-state index contributed by atoms with van der Waals surface area (Å²) in [6, 6.07) is -0.127. The Hall–Kier alpha value is -1.59. The third-order valence-electron chi connectivity index (χ3n) is 2.84. The molecule has 0 bridgehead atoms. The first-order valence-corrected chi connectivity index (χ1v) is 5.08. The molecule has 2 aliphatic rings. The molecule has 6 heteroatoms. The number of nitrogens with two attached hydrogens (primary N) is 1. The molecule has 82 valence electrons. The quantitative estimate of drug-likeness (QED) is 0.629. The van der Waals surface area contributed by atoms with Crippen LogP contribution in [0.2, 0.25) is 0 Å². The van der Waals surface area contributed by atoms with Gasteiger partial charge >= 0.3 is 0 Å². The molecular weight excluding hydrogens is 194 g/mol. The minimum atomic E-state index is -0.439. The number of hydrogen-bond donors (Lipinski definition) is 2. The summed E-state index contributed by atoms with van der Waals surface area (Å²) in [6.45, 7) is 4.16. The van der Waals surface area contributed by atoms with Gasteiger partial charge in [-0.2, -0.15) is 0 Å². The van der Waals surface area contributed by atoms with Crippen molar-refractivity contribution in [3.05, 3.63) is 0 Å². The maximum atomic E-state index is 11.5. The third kappa shape index (κ3) is 1.55. The van der Waals surface area contributed by atoms with Gasteiger partial charge in [0, 0.05) is 6.04 Å². The van der Waals surface area contributed by atoms with Crippen LogP contribution < -0.4 is 11.1 Å². The summed E-state index contributed by atoms with van der Waals surface area (Å²) in [6.07, 6.45) is 2.42. The lowest BCUT2D eigenvalue weighted by atomic mass is 10.1. The van der Waals surface area contributed by atoms with Crippen LogP contribution >= 0.6 is 0 Å². The molecule has 3 atom stereocenters. The number of aliphatic imine (C=N–C) groups is 2. The normalized spacial score (nSPS) is 30.9.